The Bertz CT molecular complexity index is 320. The monoisotopic (exact) mass is 212 g/mol. The van der Waals surface area contributed by atoms with Gasteiger partial charge < -0.3 is 9.26 Å². The van der Waals surface area contributed by atoms with Crippen LogP contribution in [0.25, 0.3) is 0 Å². The minimum absolute atomic E-state index is 0.000625. The summed E-state index contributed by atoms with van der Waals surface area (Å²) in [6, 6.07) is 0. The van der Waals surface area contributed by atoms with Crippen molar-refractivity contribution in [2.45, 2.75) is 26.7 Å². The van der Waals surface area contributed by atoms with Crippen molar-refractivity contribution in [2.75, 3.05) is 13.7 Å². The Morgan fingerprint density at radius 1 is 1.53 bits per heavy atom. The van der Waals surface area contributed by atoms with Gasteiger partial charge in [-0.2, -0.15) is 4.98 Å². The van der Waals surface area contributed by atoms with E-state index in [-0.39, 0.29) is 18.1 Å². The molecule has 1 aromatic rings. The van der Waals surface area contributed by atoms with E-state index in [2.05, 4.69) is 10.1 Å². The number of carbonyl (C=O) groups is 1. The van der Waals surface area contributed by atoms with Crippen LogP contribution >= 0.6 is 0 Å². The van der Waals surface area contributed by atoms with Crippen molar-refractivity contribution in [3.05, 3.63) is 11.7 Å². The van der Waals surface area contributed by atoms with Crippen molar-refractivity contribution >= 4 is 5.78 Å². The quantitative estimate of drug-likeness (QED) is 0.704. The van der Waals surface area contributed by atoms with Crippen LogP contribution in [0.1, 0.15) is 25.6 Å². The van der Waals surface area contributed by atoms with Gasteiger partial charge in [0.2, 0.25) is 5.89 Å². The van der Waals surface area contributed by atoms with E-state index < -0.39 is 0 Å². The molecule has 0 unspecified atom stereocenters. The molecular weight excluding hydrogens is 196 g/mol. The zero-order valence-electron chi connectivity index (χ0n) is 9.32. The van der Waals surface area contributed by atoms with E-state index in [0.717, 1.165) is 0 Å². The molecule has 0 saturated heterocycles. The topological polar surface area (TPSA) is 65.2 Å². The van der Waals surface area contributed by atoms with Crippen molar-refractivity contribution in [1.82, 2.24) is 10.1 Å². The molecule has 0 fully saturated rings. The van der Waals surface area contributed by atoms with Crippen LogP contribution in [-0.4, -0.2) is 29.6 Å². The van der Waals surface area contributed by atoms with E-state index in [9.17, 15) is 4.79 Å². The smallest absolute Gasteiger partial charge is 0.234 e. The fraction of sp³-hybridized carbons (Fsp3) is 0.700. The molecule has 0 radical (unpaired) electrons. The maximum atomic E-state index is 11.4. The lowest BCUT2D eigenvalue weighted by atomic mass is 10.1. The number of nitrogens with zero attached hydrogens (tertiary/aromatic N) is 2. The number of ketones is 1. The highest BCUT2D eigenvalue weighted by molar-refractivity contribution is 5.81. The molecule has 0 bridgehead atoms. The third-order valence-corrected chi connectivity index (χ3v) is 2.01. The minimum Gasteiger partial charge on any atom is -0.384 e. The minimum atomic E-state index is -0.000625. The maximum Gasteiger partial charge on any atom is 0.234 e. The van der Waals surface area contributed by atoms with E-state index in [4.69, 9.17) is 9.26 Å². The molecular formula is C10H16N2O3. The molecule has 0 aliphatic heterocycles. The first-order chi connectivity index (χ1) is 7.13. The highest BCUT2D eigenvalue weighted by Crippen LogP contribution is 2.04. The van der Waals surface area contributed by atoms with Crippen LogP contribution in [0.15, 0.2) is 4.52 Å². The molecule has 0 aliphatic rings. The van der Waals surface area contributed by atoms with E-state index in [0.29, 0.717) is 24.7 Å². The normalized spacial score (nSPS) is 10.9. The predicted molar refractivity (Wildman–Crippen MR) is 53.4 cm³/mol. The van der Waals surface area contributed by atoms with E-state index in [1.165, 1.54) is 0 Å². The number of ether oxygens (including phenoxy) is 1. The van der Waals surface area contributed by atoms with Gasteiger partial charge in [0.25, 0.3) is 0 Å². The summed E-state index contributed by atoms with van der Waals surface area (Å²) in [5, 5.41) is 3.75. The average Bonchev–Trinajstić information content (AvgIpc) is 2.62. The van der Waals surface area contributed by atoms with E-state index in [1.54, 1.807) is 7.11 Å². The summed E-state index contributed by atoms with van der Waals surface area (Å²) in [6.07, 6.45) is 0.827. The van der Waals surface area contributed by atoms with Crippen LogP contribution in [0.5, 0.6) is 0 Å². The number of hydrogen-bond donors (Lipinski definition) is 0. The lowest BCUT2D eigenvalue weighted by molar-refractivity contribution is -0.121. The molecule has 1 heterocycles. The summed E-state index contributed by atoms with van der Waals surface area (Å²) in [4.78, 5) is 15.5. The zero-order chi connectivity index (χ0) is 11.3. The van der Waals surface area contributed by atoms with Crippen molar-refractivity contribution in [3.63, 3.8) is 0 Å². The summed E-state index contributed by atoms with van der Waals surface area (Å²) < 4.78 is 9.83. The molecule has 0 amide bonds. The van der Waals surface area contributed by atoms with E-state index >= 15 is 0 Å². The summed E-state index contributed by atoms with van der Waals surface area (Å²) in [7, 11) is 1.61. The second kappa shape index (κ2) is 5.60. The SMILES string of the molecule is COCCc1noc(CC(=O)C(C)C)n1. The van der Waals surface area contributed by atoms with Crippen molar-refractivity contribution in [1.29, 1.82) is 0 Å². The second-order valence-corrected chi connectivity index (χ2v) is 3.64. The van der Waals surface area contributed by atoms with Gasteiger partial charge in [-0.3, -0.25) is 4.79 Å². The Labute approximate surface area is 88.8 Å². The second-order valence-electron chi connectivity index (χ2n) is 3.64. The Hall–Kier alpha value is -1.23. The fourth-order valence-corrected chi connectivity index (χ4v) is 1.01. The number of hydrogen-bond acceptors (Lipinski definition) is 5. The summed E-state index contributed by atoms with van der Waals surface area (Å²) in [5.74, 6) is 1.08. The summed E-state index contributed by atoms with van der Waals surface area (Å²) in [6.45, 7) is 4.26. The van der Waals surface area contributed by atoms with Crippen LogP contribution in [0.2, 0.25) is 0 Å². The highest BCUT2D eigenvalue weighted by Gasteiger charge is 2.13. The van der Waals surface area contributed by atoms with Crippen molar-refractivity contribution < 1.29 is 14.1 Å². The largest absolute Gasteiger partial charge is 0.384 e. The third kappa shape index (κ3) is 3.79. The first kappa shape index (κ1) is 11.8. The lowest BCUT2D eigenvalue weighted by Gasteiger charge is -1.98. The maximum absolute atomic E-state index is 11.4. The van der Waals surface area contributed by atoms with Gasteiger partial charge in [0, 0.05) is 19.4 Å². The standard InChI is InChI=1S/C10H16N2O3/c1-7(2)8(13)6-10-11-9(12-15-10)4-5-14-3/h7H,4-6H2,1-3H3. The molecule has 15 heavy (non-hydrogen) atoms. The molecule has 0 aliphatic carbocycles. The van der Waals surface area contributed by atoms with Gasteiger partial charge >= 0.3 is 0 Å². The number of rotatable bonds is 6. The number of Topliss-reactive ketones (excluding diaryl/α,β-unsaturated/α-hetero) is 1. The van der Waals surface area contributed by atoms with Gasteiger partial charge in [-0.25, -0.2) is 0 Å². The number of methoxy groups -OCH3 is 1. The Morgan fingerprint density at radius 3 is 2.87 bits per heavy atom. The number of carbonyl (C=O) groups excluding carboxylic acids is 1. The van der Waals surface area contributed by atoms with Gasteiger partial charge in [0.15, 0.2) is 5.82 Å². The summed E-state index contributed by atoms with van der Waals surface area (Å²) in [5.41, 5.74) is 0. The van der Waals surface area contributed by atoms with Crippen molar-refractivity contribution in [2.24, 2.45) is 5.92 Å². The molecule has 5 nitrogen and oxygen atoms in total. The van der Waals surface area contributed by atoms with Crippen LogP contribution in [0, 0.1) is 5.92 Å². The first-order valence-corrected chi connectivity index (χ1v) is 4.96. The zero-order valence-corrected chi connectivity index (χ0v) is 9.32. The Balaban J connectivity index is 2.49. The lowest BCUT2D eigenvalue weighted by Crippen LogP contribution is -2.10. The van der Waals surface area contributed by atoms with Gasteiger partial charge in [0.1, 0.15) is 5.78 Å². The molecule has 1 rings (SSSR count). The van der Waals surface area contributed by atoms with E-state index in [1.807, 2.05) is 13.8 Å². The van der Waals surface area contributed by atoms with Crippen LogP contribution in [0.3, 0.4) is 0 Å². The summed E-state index contributed by atoms with van der Waals surface area (Å²) >= 11 is 0. The van der Waals surface area contributed by atoms with Crippen molar-refractivity contribution in [3.8, 4) is 0 Å². The Morgan fingerprint density at radius 2 is 2.27 bits per heavy atom. The predicted octanol–water partition coefficient (Wildman–Crippen LogP) is 1.03. The molecule has 0 N–H and O–H groups in total. The van der Waals surface area contributed by atoms with Gasteiger partial charge in [-0.1, -0.05) is 19.0 Å². The van der Waals surface area contributed by atoms with Crippen LogP contribution in [-0.2, 0) is 22.4 Å². The molecule has 1 aromatic heterocycles. The Kier molecular flexibility index (Phi) is 4.42. The number of aromatic nitrogens is 2. The van der Waals surface area contributed by atoms with Gasteiger partial charge in [0.05, 0.1) is 13.0 Å². The van der Waals surface area contributed by atoms with Gasteiger partial charge in [-0.15, -0.1) is 0 Å². The fourth-order valence-electron chi connectivity index (χ4n) is 1.01. The van der Waals surface area contributed by atoms with Crippen LogP contribution in [0.4, 0.5) is 0 Å². The average molecular weight is 212 g/mol. The first-order valence-electron chi connectivity index (χ1n) is 4.96. The molecule has 0 atom stereocenters. The molecule has 84 valence electrons. The molecule has 0 saturated carbocycles. The van der Waals surface area contributed by atoms with Crippen LogP contribution < -0.4 is 0 Å². The molecule has 0 spiro atoms. The highest BCUT2D eigenvalue weighted by atomic mass is 16.5. The third-order valence-electron chi connectivity index (χ3n) is 2.01. The van der Waals surface area contributed by atoms with Gasteiger partial charge in [-0.05, 0) is 0 Å². The molecule has 5 heteroatoms. The molecule has 0 aromatic carbocycles.